The monoisotopic (exact) mass is 372 g/mol. The van der Waals surface area contributed by atoms with Crippen LogP contribution in [0.1, 0.15) is 23.7 Å². The first-order chi connectivity index (χ1) is 13.1. The maximum absolute atomic E-state index is 12.2. The molecule has 2 aromatic rings. The average molecular weight is 372 g/mol. The van der Waals surface area contributed by atoms with Gasteiger partial charge in [-0.25, -0.2) is 9.97 Å². The van der Waals surface area contributed by atoms with Crippen LogP contribution in [0.15, 0.2) is 25.0 Å². The molecule has 2 atom stereocenters. The van der Waals surface area contributed by atoms with Crippen LogP contribution in [0, 0.1) is 0 Å². The fraction of sp³-hybridized carbons (Fsp3) is 0.444. The van der Waals surface area contributed by atoms with Gasteiger partial charge in [0.2, 0.25) is 5.91 Å². The SMILES string of the molecule is C=CC(=O)N1C[C@H](Nc2cnc3[nH]cc(C(=O)NCC)c3n2)CC1COC. The van der Waals surface area contributed by atoms with E-state index in [0.29, 0.717) is 42.2 Å². The Balaban J connectivity index is 1.78. The Morgan fingerprint density at radius 2 is 2.33 bits per heavy atom. The number of rotatable bonds is 7. The number of anilines is 1. The summed E-state index contributed by atoms with van der Waals surface area (Å²) < 4.78 is 5.23. The van der Waals surface area contributed by atoms with Crippen molar-refractivity contribution in [2.75, 3.05) is 32.1 Å². The minimum atomic E-state index is -0.195. The Labute approximate surface area is 157 Å². The van der Waals surface area contributed by atoms with Gasteiger partial charge < -0.3 is 25.3 Å². The minimum Gasteiger partial charge on any atom is -0.383 e. The Morgan fingerprint density at radius 3 is 3.04 bits per heavy atom. The summed E-state index contributed by atoms with van der Waals surface area (Å²) in [7, 11) is 1.62. The first kappa shape index (κ1) is 18.8. The molecule has 1 aliphatic rings. The Kier molecular flexibility index (Phi) is 5.70. The summed E-state index contributed by atoms with van der Waals surface area (Å²) in [6, 6.07) is -0.0134. The number of methoxy groups -OCH3 is 1. The van der Waals surface area contributed by atoms with E-state index in [9.17, 15) is 9.59 Å². The predicted molar refractivity (Wildman–Crippen MR) is 101 cm³/mol. The highest BCUT2D eigenvalue weighted by Crippen LogP contribution is 2.23. The predicted octanol–water partition coefficient (Wildman–Crippen LogP) is 0.921. The molecular formula is C18H24N6O3. The average Bonchev–Trinajstić information content (AvgIpc) is 3.25. The molecule has 9 heteroatoms. The standard InChI is InChI=1S/C18H24N6O3/c1-4-15(25)24-9-11(6-12(24)10-27-3)22-14-8-21-17-16(23-14)13(7-20-17)18(26)19-5-2/h4,7-8,11-12H,1,5-6,9-10H2,2-3H3,(H,19,26)(H,20,21)(H,22,23)/t11-,12?/m1/s1. The van der Waals surface area contributed by atoms with E-state index >= 15 is 0 Å². The van der Waals surface area contributed by atoms with Crippen LogP contribution in [0.2, 0.25) is 0 Å². The largest absolute Gasteiger partial charge is 0.383 e. The Morgan fingerprint density at radius 1 is 1.52 bits per heavy atom. The van der Waals surface area contributed by atoms with Gasteiger partial charge in [0.05, 0.1) is 24.4 Å². The van der Waals surface area contributed by atoms with Gasteiger partial charge in [0.15, 0.2) is 5.65 Å². The normalized spacial score (nSPS) is 19.3. The molecule has 1 fully saturated rings. The highest BCUT2D eigenvalue weighted by Gasteiger charge is 2.34. The van der Waals surface area contributed by atoms with E-state index in [1.807, 2.05) is 6.92 Å². The van der Waals surface area contributed by atoms with Gasteiger partial charge >= 0.3 is 0 Å². The lowest BCUT2D eigenvalue weighted by atomic mass is 10.2. The number of carbonyl (C=O) groups is 2. The zero-order valence-corrected chi connectivity index (χ0v) is 15.5. The lowest BCUT2D eigenvalue weighted by molar-refractivity contribution is -0.127. The third-order valence-electron chi connectivity index (χ3n) is 4.55. The fourth-order valence-corrected chi connectivity index (χ4v) is 3.36. The van der Waals surface area contributed by atoms with Crippen molar-refractivity contribution in [3.8, 4) is 0 Å². The number of carbonyl (C=O) groups excluding carboxylic acids is 2. The first-order valence-corrected chi connectivity index (χ1v) is 8.88. The lowest BCUT2D eigenvalue weighted by Gasteiger charge is -2.22. The van der Waals surface area contributed by atoms with E-state index in [2.05, 4.69) is 32.2 Å². The molecule has 1 saturated heterocycles. The van der Waals surface area contributed by atoms with Gasteiger partial charge in [-0.2, -0.15) is 0 Å². The van der Waals surface area contributed by atoms with Crippen molar-refractivity contribution in [3.05, 3.63) is 30.6 Å². The van der Waals surface area contributed by atoms with Gasteiger partial charge in [0.1, 0.15) is 11.3 Å². The third-order valence-corrected chi connectivity index (χ3v) is 4.55. The van der Waals surface area contributed by atoms with Gasteiger partial charge in [-0.1, -0.05) is 6.58 Å². The third kappa shape index (κ3) is 3.92. The summed E-state index contributed by atoms with van der Waals surface area (Å²) in [6.45, 7) is 6.94. The number of nitrogens with zero attached hydrogens (tertiary/aromatic N) is 3. The molecule has 144 valence electrons. The molecule has 3 rings (SSSR count). The van der Waals surface area contributed by atoms with E-state index in [1.54, 1.807) is 24.4 Å². The molecule has 2 aromatic heterocycles. The van der Waals surface area contributed by atoms with E-state index in [0.717, 1.165) is 6.42 Å². The van der Waals surface area contributed by atoms with E-state index in [4.69, 9.17) is 4.74 Å². The van der Waals surface area contributed by atoms with Crippen LogP contribution in [-0.2, 0) is 9.53 Å². The van der Waals surface area contributed by atoms with Crippen LogP contribution in [0.3, 0.4) is 0 Å². The van der Waals surface area contributed by atoms with Gasteiger partial charge in [-0.15, -0.1) is 0 Å². The molecule has 0 saturated carbocycles. The molecule has 2 amide bonds. The summed E-state index contributed by atoms with van der Waals surface area (Å²) in [6.07, 6.45) is 5.26. The zero-order chi connectivity index (χ0) is 19.4. The summed E-state index contributed by atoms with van der Waals surface area (Å²) in [4.78, 5) is 37.8. The highest BCUT2D eigenvalue weighted by molar-refractivity contribution is 6.04. The Bertz CT molecular complexity index is 849. The lowest BCUT2D eigenvalue weighted by Crippen LogP contribution is -2.37. The number of hydrogen-bond acceptors (Lipinski definition) is 6. The molecule has 0 aromatic carbocycles. The van der Waals surface area contributed by atoms with Crippen molar-refractivity contribution in [2.24, 2.45) is 0 Å². The number of aromatic amines is 1. The number of nitrogens with one attached hydrogen (secondary N) is 3. The van der Waals surface area contributed by atoms with Crippen LogP contribution < -0.4 is 10.6 Å². The molecule has 1 aliphatic heterocycles. The van der Waals surface area contributed by atoms with Crippen LogP contribution in [-0.4, -0.2) is 70.6 Å². The Hall–Kier alpha value is -2.94. The van der Waals surface area contributed by atoms with Crippen LogP contribution in [0.4, 0.5) is 5.82 Å². The molecule has 0 radical (unpaired) electrons. The minimum absolute atomic E-state index is 0.00709. The number of fused-ring (bicyclic) bond motifs is 1. The van der Waals surface area contributed by atoms with Crippen molar-refractivity contribution in [2.45, 2.75) is 25.4 Å². The van der Waals surface area contributed by atoms with Gasteiger partial charge in [0, 0.05) is 32.4 Å². The van der Waals surface area contributed by atoms with E-state index < -0.39 is 0 Å². The van der Waals surface area contributed by atoms with Crippen molar-refractivity contribution >= 4 is 28.8 Å². The van der Waals surface area contributed by atoms with Crippen molar-refractivity contribution in [1.82, 2.24) is 25.2 Å². The second-order valence-electron chi connectivity index (χ2n) is 6.40. The van der Waals surface area contributed by atoms with Gasteiger partial charge in [-0.05, 0) is 19.4 Å². The van der Waals surface area contributed by atoms with Crippen LogP contribution in [0.25, 0.3) is 11.2 Å². The van der Waals surface area contributed by atoms with E-state index in [1.165, 1.54) is 6.08 Å². The number of hydrogen-bond donors (Lipinski definition) is 3. The van der Waals surface area contributed by atoms with Gasteiger partial charge in [0.25, 0.3) is 5.91 Å². The molecule has 3 N–H and O–H groups in total. The maximum Gasteiger partial charge on any atom is 0.255 e. The number of likely N-dealkylation sites (tertiary alicyclic amines) is 1. The number of ether oxygens (including phenoxy) is 1. The van der Waals surface area contributed by atoms with Crippen LogP contribution >= 0.6 is 0 Å². The molecule has 0 aliphatic carbocycles. The number of aromatic nitrogens is 3. The van der Waals surface area contributed by atoms with E-state index in [-0.39, 0.29) is 23.9 Å². The molecular weight excluding hydrogens is 348 g/mol. The van der Waals surface area contributed by atoms with Crippen molar-refractivity contribution in [3.63, 3.8) is 0 Å². The second-order valence-corrected chi connectivity index (χ2v) is 6.40. The summed E-state index contributed by atoms with van der Waals surface area (Å²) in [5.74, 6) is 0.243. The van der Waals surface area contributed by atoms with Crippen molar-refractivity contribution < 1.29 is 14.3 Å². The maximum atomic E-state index is 12.2. The highest BCUT2D eigenvalue weighted by atomic mass is 16.5. The van der Waals surface area contributed by atoms with Gasteiger partial charge in [-0.3, -0.25) is 9.59 Å². The molecule has 9 nitrogen and oxygen atoms in total. The molecule has 27 heavy (non-hydrogen) atoms. The summed E-state index contributed by atoms with van der Waals surface area (Å²) in [5, 5.41) is 6.08. The fourth-order valence-electron chi connectivity index (χ4n) is 3.36. The topological polar surface area (TPSA) is 112 Å². The van der Waals surface area contributed by atoms with Crippen LogP contribution in [0.5, 0.6) is 0 Å². The summed E-state index contributed by atoms with van der Waals surface area (Å²) in [5.41, 5.74) is 1.51. The second kappa shape index (κ2) is 8.17. The summed E-state index contributed by atoms with van der Waals surface area (Å²) >= 11 is 0. The first-order valence-electron chi connectivity index (χ1n) is 8.88. The quantitative estimate of drug-likeness (QED) is 0.623. The van der Waals surface area contributed by atoms with Crippen molar-refractivity contribution in [1.29, 1.82) is 0 Å². The molecule has 1 unspecified atom stereocenters. The molecule has 3 heterocycles. The molecule has 0 bridgehead atoms. The zero-order valence-electron chi connectivity index (χ0n) is 15.5. The smallest absolute Gasteiger partial charge is 0.255 e. The molecule has 0 spiro atoms. The number of H-pyrrole nitrogens is 1. The number of amides is 2.